The molecule has 1 aliphatic rings. The van der Waals surface area contributed by atoms with Crippen LogP contribution in [0.4, 0.5) is 17.6 Å². The summed E-state index contributed by atoms with van der Waals surface area (Å²) in [6.45, 7) is 0. The van der Waals surface area contributed by atoms with Crippen molar-refractivity contribution in [2.45, 2.75) is 11.8 Å². The Hall–Kier alpha value is -2.17. The molecule has 0 radical (unpaired) electrons. The second-order valence-corrected chi connectivity index (χ2v) is 4.57. The monoisotopic (exact) mass is 280 g/mol. The molecule has 20 heavy (non-hydrogen) atoms. The van der Waals surface area contributed by atoms with Crippen LogP contribution in [-0.4, -0.2) is 5.78 Å². The Morgan fingerprint density at radius 1 is 0.650 bits per heavy atom. The van der Waals surface area contributed by atoms with Crippen LogP contribution in [0.2, 0.25) is 0 Å². The van der Waals surface area contributed by atoms with Crippen LogP contribution in [0.1, 0.15) is 27.0 Å². The number of hydrogen-bond donors (Lipinski definition) is 0. The van der Waals surface area contributed by atoms with Crippen LogP contribution in [-0.2, 0) is 11.8 Å². The van der Waals surface area contributed by atoms with E-state index in [0.717, 1.165) is 24.3 Å². The molecule has 1 aliphatic carbocycles. The fraction of sp³-hybridized carbons (Fsp3) is 0.133. The van der Waals surface area contributed by atoms with Crippen LogP contribution in [0.3, 0.4) is 0 Å². The smallest absolute Gasteiger partial charge is 0.289 e. The number of carbonyl (C=O) groups is 1. The lowest BCUT2D eigenvalue weighted by atomic mass is 9.96. The van der Waals surface area contributed by atoms with E-state index >= 15 is 0 Å². The van der Waals surface area contributed by atoms with Gasteiger partial charge in [-0.3, -0.25) is 4.79 Å². The summed E-state index contributed by atoms with van der Waals surface area (Å²) >= 11 is 0. The molecule has 0 aromatic heterocycles. The topological polar surface area (TPSA) is 17.1 Å². The molecule has 5 heteroatoms. The van der Waals surface area contributed by atoms with Crippen LogP contribution >= 0.6 is 0 Å². The van der Waals surface area contributed by atoms with Crippen LogP contribution in [0, 0.1) is 0 Å². The highest BCUT2D eigenvalue weighted by Crippen LogP contribution is 2.53. The molecule has 0 atom stereocenters. The van der Waals surface area contributed by atoms with Gasteiger partial charge < -0.3 is 0 Å². The molecule has 0 saturated heterocycles. The largest absolute Gasteiger partial charge is 0.340 e. The number of ketones is 1. The first-order valence-corrected chi connectivity index (χ1v) is 5.86. The molecular formula is C15H8F4O. The fourth-order valence-electron chi connectivity index (χ4n) is 2.39. The van der Waals surface area contributed by atoms with E-state index in [9.17, 15) is 22.4 Å². The Balaban J connectivity index is 2.44. The number of alkyl halides is 4. The second kappa shape index (κ2) is 3.91. The highest BCUT2D eigenvalue weighted by molar-refractivity contribution is 6.11. The van der Waals surface area contributed by atoms with E-state index < -0.39 is 28.8 Å². The second-order valence-electron chi connectivity index (χ2n) is 4.57. The molecule has 0 amide bonds. The first-order valence-electron chi connectivity index (χ1n) is 5.86. The molecule has 1 nitrogen and oxygen atoms in total. The Morgan fingerprint density at radius 3 is 1.40 bits per heavy atom. The maximum Gasteiger partial charge on any atom is 0.340 e. The summed E-state index contributed by atoms with van der Waals surface area (Å²) in [4.78, 5) is 12.2. The minimum atomic E-state index is -4.44. The molecular weight excluding hydrogens is 272 g/mol. The zero-order valence-electron chi connectivity index (χ0n) is 10.0. The first-order chi connectivity index (χ1) is 9.37. The molecule has 102 valence electrons. The van der Waals surface area contributed by atoms with Crippen LogP contribution in [0.15, 0.2) is 48.5 Å². The summed E-state index contributed by atoms with van der Waals surface area (Å²) in [5, 5.41) is 0. The third kappa shape index (κ3) is 1.46. The summed E-state index contributed by atoms with van der Waals surface area (Å²) in [5.74, 6) is -9.69. The van der Waals surface area contributed by atoms with Gasteiger partial charge in [-0.15, -0.1) is 0 Å². The minimum absolute atomic E-state index is 0.387. The number of carbonyl (C=O) groups excluding carboxylic acids is 1. The van der Waals surface area contributed by atoms with E-state index in [1.54, 1.807) is 0 Å². The quantitative estimate of drug-likeness (QED) is 0.663. The van der Waals surface area contributed by atoms with Gasteiger partial charge in [-0.1, -0.05) is 48.5 Å². The molecule has 0 bridgehead atoms. The molecule has 0 heterocycles. The van der Waals surface area contributed by atoms with Crippen molar-refractivity contribution in [1.82, 2.24) is 0 Å². The Bertz CT molecular complexity index is 647. The van der Waals surface area contributed by atoms with E-state index in [2.05, 4.69) is 0 Å². The summed E-state index contributed by atoms with van der Waals surface area (Å²) in [5.41, 5.74) is -2.65. The van der Waals surface area contributed by atoms with Gasteiger partial charge in [0.1, 0.15) is 0 Å². The van der Waals surface area contributed by atoms with Crippen molar-refractivity contribution < 1.29 is 22.4 Å². The van der Waals surface area contributed by atoms with E-state index in [0.29, 0.717) is 0 Å². The van der Waals surface area contributed by atoms with Gasteiger partial charge in [0.15, 0.2) is 5.78 Å². The molecule has 0 saturated carbocycles. The third-order valence-electron chi connectivity index (χ3n) is 3.41. The fourth-order valence-corrected chi connectivity index (χ4v) is 2.39. The molecule has 0 aliphatic heterocycles. The Morgan fingerprint density at radius 2 is 1.00 bits per heavy atom. The predicted molar refractivity (Wildman–Crippen MR) is 64.1 cm³/mol. The maximum atomic E-state index is 14.2. The average molecular weight is 280 g/mol. The maximum absolute atomic E-state index is 14.2. The summed E-state index contributed by atoms with van der Waals surface area (Å²) in [6, 6.07) is 9.20. The lowest BCUT2D eigenvalue weighted by Gasteiger charge is -2.26. The SMILES string of the molecule is O=C1c2ccccc2C(F)(F)C(F)(F)c2ccccc21. The number of halogens is 4. The standard InChI is InChI=1S/C15H8F4O/c16-14(17)11-7-3-1-5-9(11)13(20)10-6-2-4-8-12(10)15(14,18)19/h1-8H. The molecule has 0 spiro atoms. The van der Waals surface area contributed by atoms with Gasteiger partial charge in [0.25, 0.3) is 0 Å². The normalized spacial score (nSPS) is 18.9. The Kier molecular flexibility index (Phi) is 2.51. The van der Waals surface area contributed by atoms with Crippen molar-refractivity contribution >= 4 is 5.78 Å². The highest BCUT2D eigenvalue weighted by atomic mass is 19.3. The number of rotatable bonds is 0. The van der Waals surface area contributed by atoms with Gasteiger partial charge in [0.05, 0.1) is 0 Å². The summed E-state index contributed by atoms with van der Waals surface area (Å²) in [7, 11) is 0. The van der Waals surface area contributed by atoms with Crippen molar-refractivity contribution in [1.29, 1.82) is 0 Å². The summed E-state index contributed by atoms with van der Waals surface area (Å²) < 4.78 is 56.7. The van der Waals surface area contributed by atoms with E-state index in [1.807, 2.05) is 0 Å². The van der Waals surface area contributed by atoms with Crippen molar-refractivity contribution in [3.05, 3.63) is 70.8 Å². The van der Waals surface area contributed by atoms with Crippen LogP contribution in [0.5, 0.6) is 0 Å². The molecule has 0 fully saturated rings. The van der Waals surface area contributed by atoms with Gasteiger partial charge in [-0.05, 0) is 0 Å². The first kappa shape index (κ1) is 12.8. The highest BCUT2D eigenvalue weighted by Gasteiger charge is 2.62. The van der Waals surface area contributed by atoms with Crippen molar-refractivity contribution in [3.8, 4) is 0 Å². The number of benzene rings is 2. The van der Waals surface area contributed by atoms with E-state index in [4.69, 9.17) is 0 Å². The molecule has 2 aromatic rings. The molecule has 3 rings (SSSR count). The van der Waals surface area contributed by atoms with Gasteiger partial charge in [-0.25, -0.2) is 0 Å². The summed E-state index contributed by atoms with van der Waals surface area (Å²) in [6.07, 6.45) is 0. The van der Waals surface area contributed by atoms with Crippen molar-refractivity contribution in [2.24, 2.45) is 0 Å². The number of fused-ring (bicyclic) bond motifs is 2. The zero-order valence-corrected chi connectivity index (χ0v) is 10.0. The van der Waals surface area contributed by atoms with Crippen LogP contribution < -0.4 is 0 Å². The lowest BCUT2D eigenvalue weighted by molar-refractivity contribution is -0.223. The molecule has 0 N–H and O–H groups in total. The van der Waals surface area contributed by atoms with Gasteiger partial charge in [-0.2, -0.15) is 17.6 Å². The molecule has 2 aromatic carbocycles. The van der Waals surface area contributed by atoms with Crippen LogP contribution in [0.25, 0.3) is 0 Å². The van der Waals surface area contributed by atoms with Crippen molar-refractivity contribution in [2.75, 3.05) is 0 Å². The lowest BCUT2D eigenvalue weighted by Crippen LogP contribution is -2.35. The minimum Gasteiger partial charge on any atom is -0.289 e. The van der Waals surface area contributed by atoms with Crippen molar-refractivity contribution in [3.63, 3.8) is 0 Å². The molecule has 0 unspecified atom stereocenters. The third-order valence-corrected chi connectivity index (χ3v) is 3.41. The Labute approximate surface area is 111 Å². The number of hydrogen-bond acceptors (Lipinski definition) is 1. The van der Waals surface area contributed by atoms with E-state index in [1.165, 1.54) is 24.3 Å². The van der Waals surface area contributed by atoms with E-state index in [-0.39, 0.29) is 11.1 Å². The van der Waals surface area contributed by atoms with Gasteiger partial charge in [0.2, 0.25) is 0 Å². The predicted octanol–water partition coefficient (Wildman–Crippen LogP) is 4.11. The van der Waals surface area contributed by atoms with Gasteiger partial charge >= 0.3 is 11.8 Å². The van der Waals surface area contributed by atoms with Gasteiger partial charge in [0, 0.05) is 22.3 Å². The average Bonchev–Trinajstić information content (AvgIpc) is 2.50. The zero-order chi connectivity index (χ0) is 14.5.